The lowest BCUT2D eigenvalue weighted by Crippen LogP contribution is -2.08. The molecular weight excluding hydrogens is 242 g/mol. The van der Waals surface area contributed by atoms with Crippen LogP contribution in [0.2, 0.25) is 0 Å². The minimum absolute atomic E-state index is 0.106. The van der Waals surface area contributed by atoms with Crippen LogP contribution >= 0.6 is 0 Å². The molecule has 0 bridgehead atoms. The van der Waals surface area contributed by atoms with Crippen molar-refractivity contribution in [2.75, 3.05) is 25.1 Å². The molecule has 1 aliphatic heterocycles. The van der Waals surface area contributed by atoms with Gasteiger partial charge < -0.3 is 9.73 Å². The van der Waals surface area contributed by atoms with E-state index in [-0.39, 0.29) is 17.4 Å². The standard InChI is InChI=1S/C10H17N3O3S/c1-11-5-2-3-9-12-13-10(16-9)8-4-6-17(14,15)7-8/h8,11H,2-7H2,1H3. The number of sulfone groups is 1. The van der Waals surface area contributed by atoms with E-state index in [1.807, 2.05) is 7.05 Å². The predicted octanol–water partition coefficient (Wildman–Crippen LogP) is 0.124. The minimum atomic E-state index is -2.89. The van der Waals surface area contributed by atoms with Gasteiger partial charge in [0.05, 0.1) is 17.4 Å². The van der Waals surface area contributed by atoms with Gasteiger partial charge in [-0.3, -0.25) is 0 Å². The molecule has 2 heterocycles. The summed E-state index contributed by atoms with van der Waals surface area (Å²) in [7, 11) is -1.00. The smallest absolute Gasteiger partial charge is 0.220 e. The molecule has 1 unspecified atom stereocenters. The van der Waals surface area contributed by atoms with Crippen molar-refractivity contribution in [3.63, 3.8) is 0 Å². The molecule has 7 heteroatoms. The topological polar surface area (TPSA) is 85.1 Å². The van der Waals surface area contributed by atoms with Crippen LogP contribution < -0.4 is 5.32 Å². The summed E-state index contributed by atoms with van der Waals surface area (Å²) >= 11 is 0. The van der Waals surface area contributed by atoms with Crippen LogP contribution in [-0.2, 0) is 16.3 Å². The molecule has 17 heavy (non-hydrogen) atoms. The van der Waals surface area contributed by atoms with Crippen molar-refractivity contribution >= 4 is 9.84 Å². The van der Waals surface area contributed by atoms with Gasteiger partial charge in [0.2, 0.25) is 11.8 Å². The average Bonchev–Trinajstić information content (AvgIpc) is 2.85. The number of hydrogen-bond donors (Lipinski definition) is 1. The fourth-order valence-electron chi connectivity index (χ4n) is 1.94. The van der Waals surface area contributed by atoms with Gasteiger partial charge in [-0.15, -0.1) is 10.2 Å². The molecule has 0 saturated carbocycles. The van der Waals surface area contributed by atoms with Gasteiger partial charge in [0.25, 0.3) is 0 Å². The molecule has 1 aromatic rings. The number of nitrogens with zero attached hydrogens (tertiary/aromatic N) is 2. The van der Waals surface area contributed by atoms with Crippen molar-refractivity contribution in [2.24, 2.45) is 0 Å². The lowest BCUT2D eigenvalue weighted by atomic mass is 10.1. The summed E-state index contributed by atoms with van der Waals surface area (Å²) < 4.78 is 28.2. The van der Waals surface area contributed by atoms with Crippen LogP contribution in [0.25, 0.3) is 0 Å². The van der Waals surface area contributed by atoms with Gasteiger partial charge in [-0.25, -0.2) is 8.42 Å². The number of nitrogens with one attached hydrogen (secondary N) is 1. The molecule has 96 valence electrons. The summed E-state index contributed by atoms with van der Waals surface area (Å²) in [5.41, 5.74) is 0. The highest BCUT2D eigenvalue weighted by Gasteiger charge is 2.32. The fourth-order valence-corrected chi connectivity index (χ4v) is 3.67. The summed E-state index contributed by atoms with van der Waals surface area (Å²) in [5, 5.41) is 10.9. The quantitative estimate of drug-likeness (QED) is 0.756. The first kappa shape index (κ1) is 12.5. The molecule has 2 rings (SSSR count). The van der Waals surface area contributed by atoms with Gasteiger partial charge in [0.1, 0.15) is 0 Å². The molecule has 0 spiro atoms. The zero-order valence-corrected chi connectivity index (χ0v) is 10.7. The van der Waals surface area contributed by atoms with Crippen molar-refractivity contribution < 1.29 is 12.8 Å². The average molecular weight is 259 g/mol. The lowest BCUT2D eigenvalue weighted by molar-refractivity contribution is 0.421. The first-order valence-electron chi connectivity index (χ1n) is 5.78. The monoisotopic (exact) mass is 259 g/mol. The molecule has 1 N–H and O–H groups in total. The first-order chi connectivity index (χ1) is 8.11. The second-order valence-electron chi connectivity index (χ2n) is 4.34. The Kier molecular flexibility index (Phi) is 3.78. The highest BCUT2D eigenvalue weighted by Crippen LogP contribution is 2.27. The van der Waals surface area contributed by atoms with Crippen LogP contribution in [-0.4, -0.2) is 43.7 Å². The van der Waals surface area contributed by atoms with E-state index in [0.29, 0.717) is 18.2 Å². The zero-order chi connectivity index (χ0) is 12.3. The van der Waals surface area contributed by atoms with Gasteiger partial charge in [-0.1, -0.05) is 0 Å². The number of aromatic nitrogens is 2. The van der Waals surface area contributed by atoms with Crippen molar-refractivity contribution in [3.05, 3.63) is 11.8 Å². The maximum absolute atomic E-state index is 11.3. The maximum atomic E-state index is 11.3. The van der Waals surface area contributed by atoms with Crippen LogP contribution in [0.3, 0.4) is 0 Å². The van der Waals surface area contributed by atoms with Crippen LogP contribution in [0.4, 0.5) is 0 Å². The molecule has 0 radical (unpaired) electrons. The molecule has 0 aliphatic carbocycles. The predicted molar refractivity (Wildman–Crippen MR) is 62.6 cm³/mol. The molecule has 1 saturated heterocycles. The van der Waals surface area contributed by atoms with E-state index in [4.69, 9.17) is 4.42 Å². The molecule has 1 fully saturated rings. The Morgan fingerprint density at radius 1 is 1.47 bits per heavy atom. The zero-order valence-electron chi connectivity index (χ0n) is 9.85. The van der Waals surface area contributed by atoms with Crippen LogP contribution in [0, 0.1) is 0 Å². The highest BCUT2D eigenvalue weighted by atomic mass is 32.2. The SMILES string of the molecule is CNCCCc1nnc(C2CCS(=O)(=O)C2)o1. The highest BCUT2D eigenvalue weighted by molar-refractivity contribution is 7.91. The Hall–Kier alpha value is -0.950. The molecule has 1 atom stereocenters. The number of hydrogen-bond acceptors (Lipinski definition) is 6. The third kappa shape index (κ3) is 3.26. The van der Waals surface area contributed by atoms with Crippen LogP contribution in [0.15, 0.2) is 4.42 Å². The summed E-state index contributed by atoms with van der Waals surface area (Å²) in [6.45, 7) is 0.898. The molecular formula is C10H17N3O3S. The summed E-state index contributed by atoms with van der Waals surface area (Å²) in [5.74, 6) is 1.34. The third-order valence-electron chi connectivity index (χ3n) is 2.88. The Labute approximate surface area is 101 Å². The third-order valence-corrected chi connectivity index (χ3v) is 4.65. The van der Waals surface area contributed by atoms with Crippen molar-refractivity contribution in [3.8, 4) is 0 Å². The first-order valence-corrected chi connectivity index (χ1v) is 7.60. The van der Waals surface area contributed by atoms with E-state index in [2.05, 4.69) is 15.5 Å². The van der Waals surface area contributed by atoms with Gasteiger partial charge in [0, 0.05) is 6.42 Å². The molecule has 0 aromatic carbocycles. The molecule has 6 nitrogen and oxygen atoms in total. The molecule has 0 amide bonds. The van der Waals surface area contributed by atoms with E-state index in [1.165, 1.54) is 0 Å². The lowest BCUT2D eigenvalue weighted by Gasteiger charge is -1.99. The Bertz CT molecular complexity index is 469. The van der Waals surface area contributed by atoms with E-state index < -0.39 is 9.84 Å². The van der Waals surface area contributed by atoms with Gasteiger partial charge >= 0.3 is 0 Å². The largest absolute Gasteiger partial charge is 0.425 e. The van der Waals surface area contributed by atoms with Crippen molar-refractivity contribution in [1.82, 2.24) is 15.5 Å². The Morgan fingerprint density at radius 3 is 2.94 bits per heavy atom. The Morgan fingerprint density at radius 2 is 2.29 bits per heavy atom. The maximum Gasteiger partial charge on any atom is 0.220 e. The minimum Gasteiger partial charge on any atom is -0.425 e. The van der Waals surface area contributed by atoms with Crippen LogP contribution in [0.1, 0.15) is 30.5 Å². The van der Waals surface area contributed by atoms with E-state index in [9.17, 15) is 8.42 Å². The van der Waals surface area contributed by atoms with Crippen molar-refractivity contribution in [1.29, 1.82) is 0 Å². The summed E-state index contributed by atoms with van der Waals surface area (Å²) in [6, 6.07) is 0. The summed E-state index contributed by atoms with van der Waals surface area (Å²) in [6.07, 6.45) is 2.26. The van der Waals surface area contributed by atoms with Crippen molar-refractivity contribution in [2.45, 2.75) is 25.2 Å². The normalized spacial score (nSPS) is 23.0. The molecule has 1 aromatic heterocycles. The molecule has 1 aliphatic rings. The Balaban J connectivity index is 1.94. The second-order valence-corrected chi connectivity index (χ2v) is 6.57. The van der Waals surface area contributed by atoms with Gasteiger partial charge in [-0.2, -0.15) is 0 Å². The summed E-state index contributed by atoms with van der Waals surface area (Å²) in [4.78, 5) is 0. The van der Waals surface area contributed by atoms with Crippen LogP contribution in [0.5, 0.6) is 0 Å². The fraction of sp³-hybridized carbons (Fsp3) is 0.800. The van der Waals surface area contributed by atoms with Gasteiger partial charge in [-0.05, 0) is 26.4 Å². The second kappa shape index (κ2) is 5.14. The number of rotatable bonds is 5. The van der Waals surface area contributed by atoms with Gasteiger partial charge in [0.15, 0.2) is 9.84 Å². The number of aryl methyl sites for hydroxylation is 1. The van der Waals surface area contributed by atoms with E-state index in [1.54, 1.807) is 0 Å². The van der Waals surface area contributed by atoms with E-state index in [0.717, 1.165) is 19.4 Å². The van der Waals surface area contributed by atoms with E-state index >= 15 is 0 Å².